The van der Waals surface area contributed by atoms with Crippen LogP contribution in [0.25, 0.3) is 0 Å². The standard InChI is InChI=1S/C16H20N2O2/c1-12(2)11-18-10-9-14(19)17-16(3,15(18)20)13-7-5-4-6-8-13/h4-8H,1,9-11H2,2-3H3,(H,17,19). The van der Waals surface area contributed by atoms with Gasteiger partial charge in [0, 0.05) is 19.5 Å². The Morgan fingerprint density at radius 2 is 2.00 bits per heavy atom. The molecule has 1 heterocycles. The molecule has 1 saturated heterocycles. The Balaban J connectivity index is 2.40. The number of hydrogen-bond donors (Lipinski definition) is 1. The van der Waals surface area contributed by atoms with Crippen LogP contribution < -0.4 is 5.32 Å². The summed E-state index contributed by atoms with van der Waals surface area (Å²) in [4.78, 5) is 26.5. The topological polar surface area (TPSA) is 49.4 Å². The Kier molecular flexibility index (Phi) is 3.93. The largest absolute Gasteiger partial charge is 0.338 e. The van der Waals surface area contributed by atoms with Crippen LogP contribution in [-0.2, 0) is 15.1 Å². The molecule has 0 saturated carbocycles. The maximum atomic E-state index is 12.8. The van der Waals surface area contributed by atoms with E-state index in [2.05, 4.69) is 11.9 Å². The molecule has 2 amide bonds. The molecule has 0 radical (unpaired) electrons. The maximum Gasteiger partial charge on any atom is 0.253 e. The second-order valence-corrected chi connectivity index (χ2v) is 5.47. The van der Waals surface area contributed by atoms with Crippen molar-refractivity contribution < 1.29 is 9.59 Å². The molecular weight excluding hydrogens is 252 g/mol. The third kappa shape index (κ3) is 2.74. The number of nitrogens with one attached hydrogen (secondary N) is 1. The highest BCUT2D eigenvalue weighted by atomic mass is 16.2. The highest BCUT2D eigenvalue weighted by Gasteiger charge is 2.41. The highest BCUT2D eigenvalue weighted by Crippen LogP contribution is 2.26. The van der Waals surface area contributed by atoms with Gasteiger partial charge in [0.15, 0.2) is 0 Å². The van der Waals surface area contributed by atoms with Gasteiger partial charge in [0.2, 0.25) is 5.91 Å². The Labute approximate surface area is 119 Å². The van der Waals surface area contributed by atoms with Gasteiger partial charge in [-0.1, -0.05) is 42.5 Å². The quantitative estimate of drug-likeness (QED) is 0.853. The lowest BCUT2D eigenvalue weighted by atomic mass is 9.90. The monoisotopic (exact) mass is 272 g/mol. The summed E-state index contributed by atoms with van der Waals surface area (Å²) < 4.78 is 0. The molecule has 1 fully saturated rings. The van der Waals surface area contributed by atoms with Gasteiger partial charge in [-0.15, -0.1) is 0 Å². The number of nitrogens with zero attached hydrogens (tertiary/aromatic N) is 1. The van der Waals surface area contributed by atoms with Crippen molar-refractivity contribution in [3.05, 3.63) is 48.0 Å². The molecule has 106 valence electrons. The maximum absolute atomic E-state index is 12.8. The fraction of sp³-hybridized carbons (Fsp3) is 0.375. The smallest absolute Gasteiger partial charge is 0.253 e. The van der Waals surface area contributed by atoms with E-state index in [4.69, 9.17) is 0 Å². The number of benzene rings is 1. The van der Waals surface area contributed by atoms with Crippen LogP contribution in [0.1, 0.15) is 25.8 Å². The van der Waals surface area contributed by atoms with Gasteiger partial charge in [-0.05, 0) is 19.4 Å². The highest BCUT2D eigenvalue weighted by molar-refractivity contribution is 5.94. The summed E-state index contributed by atoms with van der Waals surface area (Å²) in [6, 6.07) is 9.36. The normalized spacial score (nSPS) is 23.2. The first-order chi connectivity index (χ1) is 9.43. The minimum atomic E-state index is -1.01. The fourth-order valence-corrected chi connectivity index (χ4v) is 2.49. The first kappa shape index (κ1) is 14.3. The molecule has 4 heteroatoms. The summed E-state index contributed by atoms with van der Waals surface area (Å²) in [5.74, 6) is -0.188. The zero-order valence-corrected chi connectivity index (χ0v) is 12.0. The molecule has 1 aliphatic rings. The van der Waals surface area contributed by atoms with Gasteiger partial charge in [0.1, 0.15) is 5.54 Å². The van der Waals surface area contributed by atoms with Gasteiger partial charge in [-0.25, -0.2) is 0 Å². The van der Waals surface area contributed by atoms with Crippen molar-refractivity contribution in [3.63, 3.8) is 0 Å². The molecule has 2 rings (SSSR count). The van der Waals surface area contributed by atoms with E-state index >= 15 is 0 Å². The Hall–Kier alpha value is -2.10. The molecule has 0 aliphatic carbocycles. The van der Waals surface area contributed by atoms with Crippen molar-refractivity contribution in [2.45, 2.75) is 25.8 Å². The van der Waals surface area contributed by atoms with Crippen molar-refractivity contribution >= 4 is 11.8 Å². The Morgan fingerprint density at radius 3 is 2.60 bits per heavy atom. The molecule has 4 nitrogen and oxygen atoms in total. The van der Waals surface area contributed by atoms with Gasteiger partial charge in [-0.3, -0.25) is 9.59 Å². The van der Waals surface area contributed by atoms with Gasteiger partial charge >= 0.3 is 0 Å². The van der Waals surface area contributed by atoms with Gasteiger partial charge in [-0.2, -0.15) is 0 Å². The summed E-state index contributed by atoms with van der Waals surface area (Å²) in [7, 11) is 0. The zero-order valence-electron chi connectivity index (χ0n) is 12.0. The molecule has 1 atom stereocenters. The molecule has 1 unspecified atom stereocenters. The lowest BCUT2D eigenvalue weighted by Crippen LogP contribution is -2.52. The SMILES string of the molecule is C=C(C)CN1CCC(=O)NC(C)(c2ccccc2)C1=O. The molecule has 0 bridgehead atoms. The summed E-state index contributed by atoms with van der Waals surface area (Å²) in [5.41, 5.74) is 0.694. The molecule has 0 aromatic heterocycles. The van der Waals surface area contributed by atoms with Gasteiger partial charge in [0.05, 0.1) is 0 Å². The minimum Gasteiger partial charge on any atom is -0.338 e. The summed E-state index contributed by atoms with van der Waals surface area (Å²) >= 11 is 0. The van der Waals surface area contributed by atoms with Gasteiger partial charge < -0.3 is 10.2 Å². The number of rotatable bonds is 3. The second kappa shape index (κ2) is 5.49. The molecule has 20 heavy (non-hydrogen) atoms. The predicted octanol–water partition coefficient (Wildman–Crippen LogP) is 1.83. The molecule has 0 spiro atoms. The van der Waals surface area contributed by atoms with E-state index in [0.717, 1.165) is 11.1 Å². The lowest BCUT2D eigenvalue weighted by molar-refractivity contribution is -0.138. The van der Waals surface area contributed by atoms with Crippen molar-refractivity contribution in [1.29, 1.82) is 0 Å². The predicted molar refractivity (Wildman–Crippen MR) is 77.9 cm³/mol. The van der Waals surface area contributed by atoms with Crippen LogP contribution in [0.4, 0.5) is 0 Å². The first-order valence-corrected chi connectivity index (χ1v) is 6.74. The van der Waals surface area contributed by atoms with Crippen LogP contribution >= 0.6 is 0 Å². The van der Waals surface area contributed by atoms with Crippen LogP contribution in [0.2, 0.25) is 0 Å². The summed E-state index contributed by atoms with van der Waals surface area (Å²) in [5, 5.41) is 2.86. The Bertz CT molecular complexity index is 539. The molecule has 1 N–H and O–H groups in total. The van der Waals surface area contributed by atoms with E-state index in [0.29, 0.717) is 19.5 Å². The Morgan fingerprint density at radius 1 is 1.35 bits per heavy atom. The number of hydrogen-bond acceptors (Lipinski definition) is 2. The molecule has 1 aliphatic heterocycles. The minimum absolute atomic E-state index is 0.0856. The lowest BCUT2D eigenvalue weighted by Gasteiger charge is -2.32. The molecular formula is C16H20N2O2. The number of amides is 2. The van der Waals surface area contributed by atoms with E-state index < -0.39 is 5.54 Å². The van der Waals surface area contributed by atoms with E-state index in [9.17, 15) is 9.59 Å². The number of carbonyl (C=O) groups is 2. The first-order valence-electron chi connectivity index (χ1n) is 6.74. The van der Waals surface area contributed by atoms with Crippen LogP contribution in [-0.4, -0.2) is 29.8 Å². The third-order valence-corrected chi connectivity index (χ3v) is 3.53. The fourth-order valence-electron chi connectivity index (χ4n) is 2.49. The van der Waals surface area contributed by atoms with Crippen LogP contribution in [0.5, 0.6) is 0 Å². The van der Waals surface area contributed by atoms with E-state index in [-0.39, 0.29) is 11.8 Å². The van der Waals surface area contributed by atoms with Crippen molar-refractivity contribution in [1.82, 2.24) is 10.2 Å². The van der Waals surface area contributed by atoms with E-state index in [1.54, 1.807) is 11.8 Å². The average Bonchev–Trinajstić information content (AvgIpc) is 2.52. The molecule has 1 aromatic rings. The average molecular weight is 272 g/mol. The zero-order chi connectivity index (χ0) is 14.8. The van der Waals surface area contributed by atoms with Gasteiger partial charge in [0.25, 0.3) is 5.91 Å². The van der Waals surface area contributed by atoms with E-state index in [1.165, 1.54) is 0 Å². The summed E-state index contributed by atoms with van der Waals surface area (Å²) in [6.07, 6.45) is 0.321. The molecule has 1 aromatic carbocycles. The van der Waals surface area contributed by atoms with Crippen molar-refractivity contribution in [3.8, 4) is 0 Å². The van der Waals surface area contributed by atoms with Crippen LogP contribution in [0.3, 0.4) is 0 Å². The summed E-state index contributed by atoms with van der Waals surface area (Å²) in [6.45, 7) is 8.41. The van der Waals surface area contributed by atoms with Crippen molar-refractivity contribution in [2.24, 2.45) is 0 Å². The third-order valence-electron chi connectivity index (χ3n) is 3.53. The number of carbonyl (C=O) groups excluding carboxylic acids is 2. The van der Waals surface area contributed by atoms with Crippen LogP contribution in [0, 0.1) is 0 Å². The van der Waals surface area contributed by atoms with E-state index in [1.807, 2.05) is 37.3 Å². The second-order valence-electron chi connectivity index (χ2n) is 5.47. The van der Waals surface area contributed by atoms with Crippen molar-refractivity contribution in [2.75, 3.05) is 13.1 Å². The van der Waals surface area contributed by atoms with Crippen LogP contribution in [0.15, 0.2) is 42.5 Å².